The van der Waals surface area contributed by atoms with Gasteiger partial charge in [-0.15, -0.1) is 0 Å². The van der Waals surface area contributed by atoms with E-state index in [4.69, 9.17) is 17.3 Å². The average Bonchev–Trinajstić information content (AvgIpc) is 2.01. The molecule has 1 rings (SSSR count). The van der Waals surface area contributed by atoms with Crippen LogP contribution in [0.3, 0.4) is 0 Å². The van der Waals surface area contributed by atoms with Crippen LogP contribution in [-0.2, 0) is 0 Å². The molecule has 0 aliphatic rings. The number of rotatable bonds is 2. The summed E-state index contributed by atoms with van der Waals surface area (Å²) in [6.45, 7) is 1.75. The molecule has 0 aliphatic carbocycles. The van der Waals surface area contributed by atoms with E-state index in [9.17, 15) is 5.11 Å². The highest BCUT2D eigenvalue weighted by atomic mass is 79.9. The van der Waals surface area contributed by atoms with Gasteiger partial charge in [0, 0.05) is 15.5 Å². The molecule has 0 bridgehead atoms. The number of hydrogen-bond donors (Lipinski definition) is 2. The third-order valence-corrected chi connectivity index (χ3v) is 2.40. The lowest BCUT2D eigenvalue weighted by Crippen LogP contribution is -2.24. The predicted molar refractivity (Wildman–Crippen MR) is 57.8 cm³/mol. The molecule has 0 amide bonds. The second kappa shape index (κ2) is 4.42. The molecule has 72 valence electrons. The predicted octanol–water partition coefficient (Wildman–Crippen LogP) is 2.48. The van der Waals surface area contributed by atoms with Gasteiger partial charge in [-0.25, -0.2) is 0 Å². The number of hydrogen-bond acceptors (Lipinski definition) is 2. The Balaban J connectivity index is 3.01. The van der Waals surface area contributed by atoms with Crippen molar-refractivity contribution in [1.29, 1.82) is 0 Å². The van der Waals surface area contributed by atoms with Gasteiger partial charge in [0.25, 0.3) is 0 Å². The number of nitrogens with two attached hydrogens (primary N) is 1. The fourth-order valence-electron chi connectivity index (χ4n) is 1.05. The molecule has 0 aliphatic heterocycles. The summed E-state index contributed by atoms with van der Waals surface area (Å²) >= 11 is 9.11. The van der Waals surface area contributed by atoms with Crippen LogP contribution in [0.5, 0.6) is 0 Å². The molecule has 0 spiro atoms. The molecular formula is C9H11BrClNO. The van der Waals surface area contributed by atoms with Crippen molar-refractivity contribution in [3.8, 4) is 0 Å². The highest BCUT2D eigenvalue weighted by molar-refractivity contribution is 9.10. The molecule has 2 atom stereocenters. The van der Waals surface area contributed by atoms with Crippen LogP contribution in [0.1, 0.15) is 18.6 Å². The summed E-state index contributed by atoms with van der Waals surface area (Å²) in [5, 5.41) is 10.2. The number of aliphatic hydroxyl groups excluding tert-OH is 1. The van der Waals surface area contributed by atoms with E-state index in [0.717, 1.165) is 10.0 Å². The van der Waals surface area contributed by atoms with Gasteiger partial charge < -0.3 is 10.8 Å². The van der Waals surface area contributed by atoms with Crippen molar-refractivity contribution in [2.75, 3.05) is 0 Å². The lowest BCUT2D eigenvalue weighted by Gasteiger charge is -2.15. The van der Waals surface area contributed by atoms with Crippen LogP contribution in [0.2, 0.25) is 5.02 Å². The van der Waals surface area contributed by atoms with Crippen molar-refractivity contribution >= 4 is 27.5 Å². The minimum atomic E-state index is -0.671. The van der Waals surface area contributed by atoms with E-state index in [0.29, 0.717) is 5.02 Å². The van der Waals surface area contributed by atoms with Crippen molar-refractivity contribution in [1.82, 2.24) is 0 Å². The second-order valence-corrected chi connectivity index (χ2v) is 4.36. The Morgan fingerprint density at radius 3 is 2.54 bits per heavy atom. The second-order valence-electron chi connectivity index (χ2n) is 3.01. The maximum absolute atomic E-state index is 9.64. The minimum Gasteiger partial charge on any atom is -0.387 e. The van der Waals surface area contributed by atoms with Crippen molar-refractivity contribution in [2.45, 2.75) is 19.1 Å². The summed E-state index contributed by atoms with van der Waals surface area (Å²) in [5.74, 6) is 0. The Labute approximate surface area is 90.8 Å². The molecule has 0 heterocycles. The first kappa shape index (κ1) is 11.0. The molecule has 0 saturated heterocycles. The Morgan fingerprint density at radius 2 is 2.08 bits per heavy atom. The lowest BCUT2D eigenvalue weighted by atomic mass is 10.0. The average molecular weight is 265 g/mol. The summed E-state index contributed by atoms with van der Waals surface area (Å²) in [7, 11) is 0. The molecule has 3 N–H and O–H groups in total. The summed E-state index contributed by atoms with van der Waals surface area (Å²) in [6, 6.07) is 4.98. The first-order valence-corrected chi connectivity index (χ1v) is 5.07. The van der Waals surface area contributed by atoms with Crippen LogP contribution in [0.4, 0.5) is 0 Å². The zero-order valence-corrected chi connectivity index (χ0v) is 9.51. The highest BCUT2D eigenvalue weighted by Crippen LogP contribution is 2.24. The zero-order valence-electron chi connectivity index (χ0n) is 7.17. The van der Waals surface area contributed by atoms with E-state index in [1.165, 1.54) is 0 Å². The van der Waals surface area contributed by atoms with Gasteiger partial charge in [0.2, 0.25) is 0 Å². The maximum atomic E-state index is 9.64. The molecule has 0 unspecified atom stereocenters. The van der Waals surface area contributed by atoms with Gasteiger partial charge in [-0.2, -0.15) is 0 Å². The van der Waals surface area contributed by atoms with Crippen molar-refractivity contribution in [3.63, 3.8) is 0 Å². The summed E-state index contributed by atoms with van der Waals surface area (Å²) in [5.41, 5.74) is 6.29. The molecule has 1 aromatic rings. The molecule has 0 aromatic heterocycles. The van der Waals surface area contributed by atoms with Gasteiger partial charge in [0.15, 0.2) is 0 Å². The normalized spacial score (nSPS) is 15.5. The van der Waals surface area contributed by atoms with Gasteiger partial charge in [-0.1, -0.05) is 27.5 Å². The SMILES string of the molecule is C[C@@H](N)[C@@H](O)c1cc(Cl)cc(Br)c1. The Morgan fingerprint density at radius 1 is 1.46 bits per heavy atom. The monoisotopic (exact) mass is 263 g/mol. The summed E-state index contributed by atoms with van der Waals surface area (Å²) < 4.78 is 0.842. The van der Waals surface area contributed by atoms with Crippen LogP contribution in [0.15, 0.2) is 22.7 Å². The van der Waals surface area contributed by atoms with E-state index < -0.39 is 6.10 Å². The van der Waals surface area contributed by atoms with Crippen LogP contribution >= 0.6 is 27.5 Å². The van der Waals surface area contributed by atoms with E-state index in [1.54, 1.807) is 25.1 Å². The zero-order chi connectivity index (χ0) is 10.0. The molecule has 13 heavy (non-hydrogen) atoms. The first-order valence-electron chi connectivity index (χ1n) is 3.90. The molecule has 4 heteroatoms. The Kier molecular flexibility index (Phi) is 3.74. The van der Waals surface area contributed by atoms with Gasteiger partial charge in [0.05, 0.1) is 6.10 Å². The molecule has 0 saturated carbocycles. The number of aliphatic hydroxyl groups is 1. The fraction of sp³-hybridized carbons (Fsp3) is 0.333. The van der Waals surface area contributed by atoms with E-state index in [1.807, 2.05) is 0 Å². The largest absolute Gasteiger partial charge is 0.387 e. The summed E-state index contributed by atoms with van der Waals surface area (Å²) in [4.78, 5) is 0. The Bertz CT molecular complexity index is 283. The van der Waals surface area contributed by atoms with Gasteiger partial charge in [0.1, 0.15) is 0 Å². The number of benzene rings is 1. The van der Waals surface area contributed by atoms with E-state index in [2.05, 4.69) is 15.9 Å². The highest BCUT2D eigenvalue weighted by Gasteiger charge is 2.13. The molecule has 0 fully saturated rings. The van der Waals surface area contributed by atoms with E-state index in [-0.39, 0.29) is 6.04 Å². The van der Waals surface area contributed by atoms with Crippen molar-refractivity contribution in [3.05, 3.63) is 33.3 Å². The molecule has 2 nitrogen and oxygen atoms in total. The minimum absolute atomic E-state index is 0.301. The van der Waals surface area contributed by atoms with Gasteiger partial charge in [-0.05, 0) is 30.7 Å². The van der Waals surface area contributed by atoms with Crippen molar-refractivity contribution in [2.24, 2.45) is 5.73 Å². The first-order chi connectivity index (χ1) is 6.00. The smallest absolute Gasteiger partial charge is 0.0939 e. The third-order valence-electron chi connectivity index (χ3n) is 1.72. The third kappa shape index (κ3) is 2.95. The van der Waals surface area contributed by atoms with Crippen molar-refractivity contribution < 1.29 is 5.11 Å². The molecule has 1 aromatic carbocycles. The lowest BCUT2D eigenvalue weighted by molar-refractivity contribution is 0.153. The van der Waals surface area contributed by atoms with Crippen LogP contribution in [0, 0.1) is 0 Å². The molecule has 0 radical (unpaired) electrons. The van der Waals surface area contributed by atoms with Crippen LogP contribution < -0.4 is 5.73 Å². The van der Waals surface area contributed by atoms with E-state index >= 15 is 0 Å². The van der Waals surface area contributed by atoms with Gasteiger partial charge in [-0.3, -0.25) is 0 Å². The quantitative estimate of drug-likeness (QED) is 0.862. The summed E-state index contributed by atoms with van der Waals surface area (Å²) in [6.07, 6.45) is -0.671. The topological polar surface area (TPSA) is 46.2 Å². The maximum Gasteiger partial charge on any atom is 0.0939 e. The number of halogens is 2. The van der Waals surface area contributed by atoms with Gasteiger partial charge >= 0.3 is 0 Å². The standard InChI is InChI=1S/C9H11BrClNO/c1-5(12)9(13)6-2-7(10)4-8(11)3-6/h2-5,9,13H,12H2,1H3/t5-,9-/m1/s1. The van der Waals surface area contributed by atoms with Crippen LogP contribution in [-0.4, -0.2) is 11.1 Å². The van der Waals surface area contributed by atoms with Crippen LogP contribution in [0.25, 0.3) is 0 Å². The Hall–Kier alpha value is -0.0900. The molecular weight excluding hydrogens is 253 g/mol. The fourth-order valence-corrected chi connectivity index (χ4v) is 1.94.